The van der Waals surface area contributed by atoms with Crippen LogP contribution in [0.25, 0.3) is 11.3 Å². The maximum absolute atomic E-state index is 14.4. The zero-order valence-corrected chi connectivity index (χ0v) is 14.5. The molecule has 130 valence electrons. The molecule has 0 amide bonds. The van der Waals surface area contributed by atoms with Gasteiger partial charge in [-0.3, -0.25) is 0 Å². The summed E-state index contributed by atoms with van der Waals surface area (Å²) in [6.45, 7) is -2.50. The monoisotopic (exact) mass is 381 g/mol. The van der Waals surface area contributed by atoms with Crippen molar-refractivity contribution in [1.29, 1.82) is 0 Å². The summed E-state index contributed by atoms with van der Waals surface area (Å²) in [5, 5.41) is 2.70. The van der Waals surface area contributed by atoms with Crippen molar-refractivity contribution >= 4 is 21.6 Å². The van der Waals surface area contributed by atoms with E-state index in [1.54, 1.807) is 6.07 Å². The summed E-state index contributed by atoms with van der Waals surface area (Å²) in [4.78, 5) is -0.0274. The Labute approximate surface area is 155 Å². The van der Waals surface area contributed by atoms with E-state index in [9.17, 15) is 12.8 Å². The van der Waals surface area contributed by atoms with Crippen LogP contribution in [0.15, 0.2) is 65.7 Å². The molecule has 0 bridgehead atoms. The number of nitrogens with zero attached hydrogens (tertiary/aromatic N) is 1. The van der Waals surface area contributed by atoms with Gasteiger partial charge in [-0.15, -0.1) is 0 Å². The van der Waals surface area contributed by atoms with Gasteiger partial charge in [-0.25, -0.2) is 16.8 Å². The Balaban J connectivity index is 2.14. The molecule has 3 rings (SSSR count). The van der Waals surface area contributed by atoms with Crippen LogP contribution < -0.4 is 5.32 Å². The van der Waals surface area contributed by atoms with Crippen LogP contribution in [-0.2, 0) is 16.6 Å². The van der Waals surface area contributed by atoms with Crippen molar-refractivity contribution in [2.24, 2.45) is 0 Å². The van der Waals surface area contributed by atoms with Gasteiger partial charge < -0.3 is 5.32 Å². The molecule has 0 saturated heterocycles. The highest BCUT2D eigenvalue weighted by Gasteiger charge is 2.23. The molecule has 0 aliphatic heterocycles. The van der Waals surface area contributed by atoms with Crippen molar-refractivity contribution in [3.63, 3.8) is 0 Å². The molecule has 0 atom stereocenters. The summed E-state index contributed by atoms with van der Waals surface area (Å²) in [6, 6.07) is 12.8. The van der Waals surface area contributed by atoms with Crippen LogP contribution >= 0.6 is 11.6 Å². The Kier molecular flexibility index (Phi) is 3.94. The van der Waals surface area contributed by atoms with E-state index in [4.69, 9.17) is 15.7 Å². The Morgan fingerprint density at radius 2 is 1.92 bits per heavy atom. The van der Waals surface area contributed by atoms with Gasteiger partial charge in [0.05, 0.1) is 10.6 Å². The fourth-order valence-electron chi connectivity index (χ4n) is 2.48. The first-order valence-electron chi connectivity index (χ1n) is 8.80. The van der Waals surface area contributed by atoms with Crippen LogP contribution in [-0.4, -0.2) is 19.4 Å². The molecule has 4 nitrogen and oxygen atoms in total. The van der Waals surface area contributed by atoms with Crippen molar-refractivity contribution in [2.75, 3.05) is 6.98 Å². The average Bonchev–Trinajstić information content (AvgIpc) is 3.05. The highest BCUT2D eigenvalue weighted by molar-refractivity contribution is 7.90. The number of benzene rings is 2. The highest BCUT2D eigenvalue weighted by Crippen LogP contribution is 2.29. The lowest BCUT2D eigenvalue weighted by Crippen LogP contribution is -2.13. The van der Waals surface area contributed by atoms with Gasteiger partial charge in [0.25, 0.3) is 10.0 Å². The molecule has 0 saturated carbocycles. The summed E-state index contributed by atoms with van der Waals surface area (Å²) < 4.78 is 63.3. The van der Waals surface area contributed by atoms with Crippen molar-refractivity contribution in [1.82, 2.24) is 9.29 Å². The minimum atomic E-state index is -4.06. The summed E-state index contributed by atoms with van der Waals surface area (Å²) in [7, 11) is -4.06. The van der Waals surface area contributed by atoms with Crippen LogP contribution in [0.5, 0.6) is 0 Å². The number of nitrogens with one attached hydrogen (secondary N) is 1. The van der Waals surface area contributed by atoms with E-state index in [1.165, 1.54) is 54.7 Å². The third kappa shape index (κ3) is 3.46. The van der Waals surface area contributed by atoms with E-state index in [-0.39, 0.29) is 22.7 Å². The maximum atomic E-state index is 14.4. The van der Waals surface area contributed by atoms with E-state index in [2.05, 4.69) is 5.32 Å². The van der Waals surface area contributed by atoms with Gasteiger partial charge in [-0.05, 0) is 55.0 Å². The van der Waals surface area contributed by atoms with Crippen molar-refractivity contribution in [3.8, 4) is 11.3 Å². The highest BCUT2D eigenvalue weighted by atomic mass is 35.5. The lowest BCUT2D eigenvalue weighted by atomic mass is 10.1. The first kappa shape index (κ1) is 14.1. The second-order valence-electron chi connectivity index (χ2n) is 5.32. The third-order valence-electron chi connectivity index (χ3n) is 3.66. The lowest BCUT2D eigenvalue weighted by molar-refractivity contribution is 0.587. The minimum absolute atomic E-state index is 0.0274. The molecule has 0 unspecified atom stereocenters. The fourth-order valence-corrected chi connectivity index (χ4v) is 4.00. The molecule has 25 heavy (non-hydrogen) atoms. The zero-order chi connectivity index (χ0) is 20.5. The second kappa shape index (κ2) is 7.00. The molecule has 2 aromatic carbocycles. The fraction of sp³-hybridized carbons (Fsp3) is 0.111. The second-order valence-corrected chi connectivity index (χ2v) is 7.57. The predicted octanol–water partition coefficient (Wildman–Crippen LogP) is 3.90. The van der Waals surface area contributed by atoms with Gasteiger partial charge >= 0.3 is 0 Å². The van der Waals surface area contributed by atoms with Gasteiger partial charge in [0.15, 0.2) is 0 Å². The molecule has 7 heteroatoms. The van der Waals surface area contributed by atoms with Crippen molar-refractivity contribution in [2.45, 2.75) is 11.4 Å². The van der Waals surface area contributed by atoms with Crippen LogP contribution in [0.3, 0.4) is 0 Å². The molecule has 0 radical (unpaired) electrons. The van der Waals surface area contributed by atoms with Crippen LogP contribution in [0.4, 0.5) is 4.39 Å². The van der Waals surface area contributed by atoms with Gasteiger partial charge in [0, 0.05) is 27.4 Å². The van der Waals surface area contributed by atoms with E-state index in [0.717, 1.165) is 3.97 Å². The molecule has 3 aromatic rings. The van der Waals surface area contributed by atoms with Gasteiger partial charge in [-0.2, -0.15) is 0 Å². The normalized spacial score (nSPS) is 13.9. The number of hydrogen-bond acceptors (Lipinski definition) is 3. The molecular weight excluding hydrogens is 363 g/mol. The summed E-state index contributed by atoms with van der Waals surface area (Å²) in [5.74, 6) is -0.594. The van der Waals surface area contributed by atoms with E-state index in [0.29, 0.717) is 10.6 Å². The summed E-state index contributed by atoms with van der Waals surface area (Å²) in [5.41, 5.74) is 0.558. The number of hydrogen-bond donors (Lipinski definition) is 1. The Bertz CT molecular complexity index is 1100. The van der Waals surface area contributed by atoms with Crippen LogP contribution in [0, 0.1) is 5.82 Å². The van der Waals surface area contributed by atoms with E-state index >= 15 is 0 Å². The standard InChI is InChI=1S/C18H16ClFN2O2S/c1-21-11-13-10-18(16-4-2-3-5-17(16)20)22(12-13)25(23,24)15-8-6-14(19)7-9-15/h2-10,12,21H,11H2,1H3/i1D3. The zero-order valence-electron chi connectivity index (χ0n) is 15.9. The van der Waals surface area contributed by atoms with Crippen molar-refractivity contribution in [3.05, 3.63) is 77.2 Å². The Morgan fingerprint density at radius 3 is 2.60 bits per heavy atom. The molecule has 0 aliphatic rings. The largest absolute Gasteiger partial charge is 0.316 e. The smallest absolute Gasteiger partial charge is 0.268 e. The van der Waals surface area contributed by atoms with Crippen LogP contribution in [0.2, 0.25) is 5.02 Å². The summed E-state index contributed by atoms with van der Waals surface area (Å²) >= 11 is 5.83. The molecule has 1 aromatic heterocycles. The Hall–Kier alpha value is -2.15. The average molecular weight is 382 g/mol. The van der Waals surface area contributed by atoms with Crippen LogP contribution in [0.1, 0.15) is 9.68 Å². The number of aromatic nitrogens is 1. The molecule has 1 heterocycles. The molecule has 0 fully saturated rings. The maximum Gasteiger partial charge on any atom is 0.268 e. The summed E-state index contributed by atoms with van der Waals surface area (Å²) in [6.07, 6.45) is 1.28. The third-order valence-corrected chi connectivity index (χ3v) is 5.60. The SMILES string of the molecule is [2H]C([2H])([2H])NCc1cc(-c2ccccc2F)n(S(=O)(=O)c2ccc(Cl)cc2)c1. The van der Waals surface area contributed by atoms with Crippen molar-refractivity contribution < 1.29 is 16.9 Å². The van der Waals surface area contributed by atoms with E-state index in [1.807, 2.05) is 0 Å². The van der Waals surface area contributed by atoms with Gasteiger partial charge in [0.2, 0.25) is 0 Å². The van der Waals surface area contributed by atoms with E-state index < -0.39 is 22.8 Å². The Morgan fingerprint density at radius 1 is 1.20 bits per heavy atom. The molecule has 1 N–H and O–H groups in total. The predicted molar refractivity (Wildman–Crippen MR) is 96.6 cm³/mol. The topological polar surface area (TPSA) is 51.1 Å². The first-order valence-corrected chi connectivity index (χ1v) is 9.12. The number of halogens is 2. The molecule has 0 aliphatic carbocycles. The quantitative estimate of drug-likeness (QED) is 0.729. The van der Waals surface area contributed by atoms with Gasteiger partial charge in [0.1, 0.15) is 5.82 Å². The van der Waals surface area contributed by atoms with Gasteiger partial charge in [-0.1, -0.05) is 23.7 Å². The molecule has 0 spiro atoms. The lowest BCUT2D eigenvalue weighted by Gasteiger charge is -2.11. The first-order chi connectivity index (χ1) is 13.1. The molecular formula is C18H16ClFN2O2S. The number of rotatable bonds is 5. The minimum Gasteiger partial charge on any atom is -0.316 e.